The van der Waals surface area contributed by atoms with Crippen LogP contribution in [0.1, 0.15) is 60.3 Å². The molecule has 1 N–H and O–H groups in total. The highest BCUT2D eigenvalue weighted by Gasteiger charge is 2.31. The van der Waals surface area contributed by atoms with Crippen LogP contribution in [0.3, 0.4) is 0 Å². The Balaban J connectivity index is 4.08. The molecule has 0 heterocycles. The molecule has 98 valence electrons. The Morgan fingerprint density at radius 2 is 1.94 bits per heavy atom. The molecular formula is C14H26N2O. The highest BCUT2D eigenvalue weighted by atomic mass is 16.2. The lowest BCUT2D eigenvalue weighted by Crippen LogP contribution is -2.42. The van der Waals surface area contributed by atoms with Crippen LogP contribution in [-0.4, -0.2) is 11.9 Å². The van der Waals surface area contributed by atoms with Gasteiger partial charge in [-0.15, -0.1) is 0 Å². The monoisotopic (exact) mass is 238 g/mol. The lowest BCUT2D eigenvalue weighted by molar-refractivity contribution is -0.128. The van der Waals surface area contributed by atoms with Crippen molar-refractivity contribution in [1.29, 1.82) is 5.26 Å². The van der Waals surface area contributed by atoms with E-state index in [2.05, 4.69) is 25.2 Å². The minimum atomic E-state index is -0.883. The van der Waals surface area contributed by atoms with Gasteiger partial charge in [0.25, 0.3) is 0 Å². The zero-order valence-corrected chi connectivity index (χ0v) is 11.8. The SMILES string of the molecule is CCC(C)(C#N)C(=O)NC(C)CCCC(C)C. The number of carbonyl (C=O) groups excluding carboxylic acids is 1. The van der Waals surface area contributed by atoms with Crippen LogP contribution < -0.4 is 5.32 Å². The molecule has 17 heavy (non-hydrogen) atoms. The molecule has 0 spiro atoms. The van der Waals surface area contributed by atoms with Crippen molar-refractivity contribution in [3.63, 3.8) is 0 Å². The van der Waals surface area contributed by atoms with Crippen molar-refractivity contribution in [2.75, 3.05) is 0 Å². The first-order valence-electron chi connectivity index (χ1n) is 6.58. The normalized spacial score (nSPS) is 16.1. The zero-order chi connectivity index (χ0) is 13.5. The van der Waals surface area contributed by atoms with Crippen LogP contribution in [0.15, 0.2) is 0 Å². The summed E-state index contributed by atoms with van der Waals surface area (Å²) in [5.74, 6) is 0.567. The maximum atomic E-state index is 11.9. The smallest absolute Gasteiger partial charge is 0.240 e. The number of nitrogens with zero attached hydrogens (tertiary/aromatic N) is 1. The average molecular weight is 238 g/mol. The van der Waals surface area contributed by atoms with Gasteiger partial charge in [0.05, 0.1) is 6.07 Å². The average Bonchev–Trinajstić information content (AvgIpc) is 2.27. The van der Waals surface area contributed by atoms with Crippen molar-refractivity contribution in [1.82, 2.24) is 5.32 Å². The van der Waals surface area contributed by atoms with Gasteiger partial charge in [0.15, 0.2) is 0 Å². The molecule has 0 aromatic heterocycles. The van der Waals surface area contributed by atoms with E-state index in [1.165, 1.54) is 6.42 Å². The molecule has 0 aromatic rings. The topological polar surface area (TPSA) is 52.9 Å². The van der Waals surface area contributed by atoms with Crippen LogP contribution in [0.4, 0.5) is 0 Å². The van der Waals surface area contributed by atoms with Crippen LogP contribution in [0.2, 0.25) is 0 Å². The number of hydrogen-bond donors (Lipinski definition) is 1. The number of nitriles is 1. The van der Waals surface area contributed by atoms with E-state index in [-0.39, 0.29) is 11.9 Å². The molecule has 0 bridgehead atoms. The number of carbonyl (C=O) groups is 1. The van der Waals surface area contributed by atoms with E-state index in [9.17, 15) is 4.79 Å². The van der Waals surface area contributed by atoms with Gasteiger partial charge in [0.1, 0.15) is 5.41 Å². The van der Waals surface area contributed by atoms with E-state index in [0.717, 1.165) is 12.8 Å². The first-order chi connectivity index (χ1) is 7.85. The van der Waals surface area contributed by atoms with Crippen LogP contribution in [-0.2, 0) is 4.79 Å². The lowest BCUT2D eigenvalue weighted by atomic mass is 9.88. The Morgan fingerprint density at radius 1 is 1.35 bits per heavy atom. The summed E-state index contributed by atoms with van der Waals surface area (Å²) in [4.78, 5) is 11.9. The molecule has 0 saturated carbocycles. The van der Waals surface area contributed by atoms with Crippen molar-refractivity contribution in [3.8, 4) is 6.07 Å². The van der Waals surface area contributed by atoms with Crippen molar-refractivity contribution < 1.29 is 4.79 Å². The molecule has 0 aliphatic heterocycles. The van der Waals surface area contributed by atoms with E-state index >= 15 is 0 Å². The Kier molecular flexibility index (Phi) is 6.87. The fraction of sp³-hybridized carbons (Fsp3) is 0.857. The van der Waals surface area contributed by atoms with Gasteiger partial charge in [0.2, 0.25) is 5.91 Å². The van der Waals surface area contributed by atoms with Gasteiger partial charge < -0.3 is 5.32 Å². The minimum absolute atomic E-state index is 0.139. The first kappa shape index (κ1) is 16.0. The van der Waals surface area contributed by atoms with Gasteiger partial charge in [-0.05, 0) is 32.6 Å². The quantitative estimate of drug-likeness (QED) is 0.740. The number of amides is 1. The van der Waals surface area contributed by atoms with Crippen molar-refractivity contribution in [3.05, 3.63) is 0 Å². The van der Waals surface area contributed by atoms with Crippen LogP contribution >= 0.6 is 0 Å². The third kappa shape index (κ3) is 5.72. The highest BCUT2D eigenvalue weighted by molar-refractivity contribution is 5.85. The molecule has 3 heteroatoms. The molecule has 2 atom stereocenters. The van der Waals surface area contributed by atoms with Gasteiger partial charge in [0, 0.05) is 6.04 Å². The Hall–Kier alpha value is -1.04. The fourth-order valence-corrected chi connectivity index (χ4v) is 1.58. The van der Waals surface area contributed by atoms with Crippen molar-refractivity contribution in [2.45, 2.75) is 66.3 Å². The molecule has 0 rings (SSSR count). The molecule has 3 nitrogen and oxygen atoms in total. The second kappa shape index (κ2) is 7.32. The summed E-state index contributed by atoms with van der Waals surface area (Å²) >= 11 is 0. The largest absolute Gasteiger partial charge is 0.352 e. The van der Waals surface area contributed by atoms with Gasteiger partial charge in [-0.2, -0.15) is 5.26 Å². The van der Waals surface area contributed by atoms with Crippen LogP contribution in [0, 0.1) is 22.7 Å². The van der Waals surface area contributed by atoms with Gasteiger partial charge in [-0.25, -0.2) is 0 Å². The molecule has 0 aromatic carbocycles. The molecular weight excluding hydrogens is 212 g/mol. The molecule has 0 radical (unpaired) electrons. The Morgan fingerprint density at radius 3 is 2.35 bits per heavy atom. The third-order valence-corrected chi connectivity index (χ3v) is 3.25. The predicted molar refractivity (Wildman–Crippen MR) is 70.3 cm³/mol. The van der Waals surface area contributed by atoms with E-state index < -0.39 is 5.41 Å². The van der Waals surface area contributed by atoms with E-state index in [1.54, 1.807) is 6.92 Å². The van der Waals surface area contributed by atoms with Gasteiger partial charge >= 0.3 is 0 Å². The summed E-state index contributed by atoms with van der Waals surface area (Å²) in [6.07, 6.45) is 3.83. The number of rotatable bonds is 7. The molecule has 2 unspecified atom stereocenters. The standard InChI is InChI=1S/C14H26N2O/c1-6-14(5,10-15)13(17)16-12(4)9-7-8-11(2)3/h11-12H,6-9H2,1-5H3,(H,16,17). The number of nitrogens with one attached hydrogen (secondary N) is 1. The van der Waals surface area contributed by atoms with Crippen molar-refractivity contribution in [2.24, 2.45) is 11.3 Å². The Labute approximate surface area is 106 Å². The van der Waals surface area contributed by atoms with Crippen LogP contribution in [0.5, 0.6) is 0 Å². The summed E-state index contributed by atoms with van der Waals surface area (Å²) in [5, 5.41) is 11.9. The third-order valence-electron chi connectivity index (χ3n) is 3.25. The fourth-order valence-electron chi connectivity index (χ4n) is 1.58. The first-order valence-corrected chi connectivity index (χ1v) is 6.58. The predicted octanol–water partition coefficient (Wildman–Crippen LogP) is 3.26. The maximum absolute atomic E-state index is 11.9. The molecule has 0 saturated heterocycles. The molecule has 0 fully saturated rings. The summed E-state index contributed by atoms with van der Waals surface area (Å²) in [6, 6.07) is 2.25. The molecule has 1 amide bonds. The summed E-state index contributed by atoms with van der Waals surface area (Å²) in [6.45, 7) is 9.97. The Bertz CT molecular complexity index is 280. The molecule has 0 aliphatic carbocycles. The minimum Gasteiger partial charge on any atom is -0.352 e. The summed E-state index contributed by atoms with van der Waals surface area (Å²) < 4.78 is 0. The maximum Gasteiger partial charge on any atom is 0.240 e. The summed E-state index contributed by atoms with van der Waals surface area (Å²) in [7, 11) is 0. The summed E-state index contributed by atoms with van der Waals surface area (Å²) in [5.41, 5.74) is -0.883. The second-order valence-corrected chi connectivity index (χ2v) is 5.50. The van der Waals surface area contributed by atoms with Crippen LogP contribution in [0.25, 0.3) is 0 Å². The van der Waals surface area contributed by atoms with Gasteiger partial charge in [-0.3, -0.25) is 4.79 Å². The van der Waals surface area contributed by atoms with E-state index in [4.69, 9.17) is 5.26 Å². The van der Waals surface area contributed by atoms with Gasteiger partial charge in [-0.1, -0.05) is 33.6 Å². The highest BCUT2D eigenvalue weighted by Crippen LogP contribution is 2.20. The zero-order valence-electron chi connectivity index (χ0n) is 11.8. The van der Waals surface area contributed by atoms with Crippen molar-refractivity contribution >= 4 is 5.91 Å². The van der Waals surface area contributed by atoms with E-state index in [1.807, 2.05) is 13.8 Å². The molecule has 0 aliphatic rings. The van der Waals surface area contributed by atoms with E-state index in [0.29, 0.717) is 12.3 Å². The second-order valence-electron chi connectivity index (χ2n) is 5.50. The number of hydrogen-bond acceptors (Lipinski definition) is 2. The lowest BCUT2D eigenvalue weighted by Gasteiger charge is -2.22.